The van der Waals surface area contributed by atoms with Gasteiger partial charge in [-0.1, -0.05) is 0 Å². The second-order valence-corrected chi connectivity index (χ2v) is 4.85. The standard InChI is InChI=1S/C11H10N2O.2C5H5.2Fe/c14-11(12-9-5-1-2-6-9)13-10-7-3-4-8-10;2*1-2-4-5-3-1;;/h1-8H,(H2,12,13,14);2*1-5H;;/q-2;2*-1;2*+2. The van der Waals surface area contributed by atoms with Gasteiger partial charge in [0.15, 0.2) is 0 Å². The van der Waals surface area contributed by atoms with Crippen molar-refractivity contribution in [3.05, 3.63) is 109 Å². The van der Waals surface area contributed by atoms with Gasteiger partial charge in [-0.25, -0.2) is 24.3 Å². The predicted molar refractivity (Wildman–Crippen MR) is 101 cm³/mol. The van der Waals surface area contributed by atoms with Crippen LogP contribution >= 0.6 is 0 Å². The normalized spacial score (nSPS) is 8.31. The van der Waals surface area contributed by atoms with Crippen LogP contribution in [0.5, 0.6) is 0 Å². The van der Waals surface area contributed by atoms with Crippen LogP contribution in [0.25, 0.3) is 0 Å². The number of carbonyl (C=O) groups excluding carboxylic acids is 1. The molecule has 4 aromatic rings. The molecule has 0 saturated heterocycles. The molecule has 26 heavy (non-hydrogen) atoms. The Kier molecular flexibility index (Phi) is 13.7. The van der Waals surface area contributed by atoms with Gasteiger partial charge in [0.2, 0.25) is 6.03 Å². The topological polar surface area (TPSA) is 41.1 Å². The molecule has 0 aromatic heterocycles. The van der Waals surface area contributed by atoms with Crippen LogP contribution in [0.1, 0.15) is 0 Å². The molecule has 0 saturated carbocycles. The summed E-state index contributed by atoms with van der Waals surface area (Å²) in [6.07, 6.45) is 0. The van der Waals surface area contributed by atoms with Crippen molar-refractivity contribution in [3.8, 4) is 0 Å². The molecule has 0 fully saturated rings. The minimum atomic E-state index is -0.220. The number of carbonyl (C=O) groups is 1. The van der Waals surface area contributed by atoms with E-state index in [2.05, 4.69) is 10.6 Å². The zero-order valence-electron chi connectivity index (χ0n) is 14.0. The van der Waals surface area contributed by atoms with Gasteiger partial charge in [0, 0.05) is 0 Å². The van der Waals surface area contributed by atoms with Gasteiger partial charge >= 0.3 is 34.1 Å². The number of rotatable bonds is 2. The zero-order valence-corrected chi connectivity index (χ0v) is 16.2. The van der Waals surface area contributed by atoms with E-state index in [4.69, 9.17) is 0 Å². The van der Waals surface area contributed by atoms with Crippen molar-refractivity contribution < 1.29 is 38.9 Å². The third-order valence-electron chi connectivity index (χ3n) is 2.95. The molecule has 4 rings (SSSR count). The number of amides is 2. The number of hydrogen-bond donors (Lipinski definition) is 2. The van der Waals surface area contributed by atoms with Crippen molar-refractivity contribution >= 4 is 17.4 Å². The van der Waals surface area contributed by atoms with Gasteiger partial charge in [-0.2, -0.15) is 60.7 Å². The van der Waals surface area contributed by atoms with Crippen LogP contribution in [0.15, 0.2) is 109 Å². The third-order valence-corrected chi connectivity index (χ3v) is 2.95. The first-order chi connectivity index (χ1) is 11.8. The van der Waals surface area contributed by atoms with E-state index < -0.39 is 0 Å². The van der Waals surface area contributed by atoms with Gasteiger partial charge in [0.1, 0.15) is 0 Å². The maximum atomic E-state index is 11.4. The molecule has 2 N–H and O–H groups in total. The summed E-state index contributed by atoms with van der Waals surface area (Å²) in [7, 11) is 0. The van der Waals surface area contributed by atoms with Crippen molar-refractivity contribution in [2.24, 2.45) is 0 Å². The summed E-state index contributed by atoms with van der Waals surface area (Å²) in [6, 6.07) is 34.6. The SMILES string of the molecule is O=C(N[c-]1cccc1)N[c-]1cccc1.[Fe+2].[Fe+2].c1cc[cH-]c1.c1cc[cH-]c1. The van der Waals surface area contributed by atoms with Crippen LogP contribution in [-0.2, 0) is 34.1 Å². The maximum absolute atomic E-state index is 11.4. The Morgan fingerprint density at radius 2 is 0.885 bits per heavy atom. The van der Waals surface area contributed by atoms with E-state index in [0.717, 1.165) is 11.4 Å². The molecule has 0 spiro atoms. The third kappa shape index (κ3) is 10.5. The van der Waals surface area contributed by atoms with Crippen LogP contribution in [0.3, 0.4) is 0 Å². The second-order valence-electron chi connectivity index (χ2n) is 4.85. The molecule has 0 aliphatic carbocycles. The summed E-state index contributed by atoms with van der Waals surface area (Å²) in [5.74, 6) is 0. The molecule has 0 radical (unpaired) electrons. The average Bonchev–Trinajstić information content (AvgIpc) is 3.35. The van der Waals surface area contributed by atoms with E-state index in [-0.39, 0.29) is 40.2 Å². The first-order valence-corrected chi connectivity index (χ1v) is 7.69. The minimum Gasteiger partial charge on any atom is -0.388 e. The monoisotopic (exact) mass is 428 g/mol. The molecular formula is C21H20Fe2N2O. The molecule has 136 valence electrons. The summed E-state index contributed by atoms with van der Waals surface area (Å²) < 4.78 is 0. The van der Waals surface area contributed by atoms with E-state index in [1.165, 1.54) is 0 Å². The van der Waals surface area contributed by atoms with Crippen molar-refractivity contribution in [1.29, 1.82) is 0 Å². The van der Waals surface area contributed by atoms with Gasteiger partial charge in [-0.15, -0.1) is 24.3 Å². The molecule has 0 aliphatic heterocycles. The van der Waals surface area contributed by atoms with Crippen molar-refractivity contribution in [2.45, 2.75) is 0 Å². The first-order valence-electron chi connectivity index (χ1n) is 7.69. The summed E-state index contributed by atoms with van der Waals surface area (Å²) in [4.78, 5) is 11.4. The fourth-order valence-corrected chi connectivity index (χ4v) is 1.85. The first kappa shape index (κ1) is 23.7. The minimum absolute atomic E-state index is 0. The van der Waals surface area contributed by atoms with E-state index in [1.54, 1.807) is 0 Å². The molecule has 4 aromatic carbocycles. The van der Waals surface area contributed by atoms with Gasteiger partial charge in [0.05, 0.1) is 0 Å². The Morgan fingerprint density at radius 3 is 1.12 bits per heavy atom. The van der Waals surface area contributed by atoms with Crippen LogP contribution in [-0.4, -0.2) is 6.03 Å². The Morgan fingerprint density at radius 1 is 0.577 bits per heavy atom. The number of hydrogen-bond acceptors (Lipinski definition) is 1. The molecule has 0 heterocycles. The van der Waals surface area contributed by atoms with E-state index in [9.17, 15) is 4.79 Å². The Balaban J connectivity index is 0.000000432. The van der Waals surface area contributed by atoms with Crippen molar-refractivity contribution in [2.75, 3.05) is 10.6 Å². The average molecular weight is 428 g/mol. The molecule has 3 nitrogen and oxygen atoms in total. The molecule has 5 heteroatoms. The smallest absolute Gasteiger partial charge is 0.388 e. The Hall–Kier alpha value is -2.29. The van der Waals surface area contributed by atoms with Crippen molar-refractivity contribution in [1.82, 2.24) is 0 Å². The van der Waals surface area contributed by atoms with Gasteiger partial charge < -0.3 is 15.4 Å². The quantitative estimate of drug-likeness (QED) is 0.318. The molecule has 0 bridgehead atoms. The summed E-state index contributed by atoms with van der Waals surface area (Å²) >= 11 is 0. The number of nitrogens with one attached hydrogen (secondary N) is 2. The molecule has 2 amide bonds. The fraction of sp³-hybridized carbons (Fsp3) is 0. The van der Waals surface area contributed by atoms with E-state index in [1.807, 2.05) is 109 Å². The van der Waals surface area contributed by atoms with Gasteiger partial charge in [-0.05, 0) is 11.4 Å². The molecular weight excluding hydrogens is 408 g/mol. The van der Waals surface area contributed by atoms with Crippen molar-refractivity contribution in [3.63, 3.8) is 0 Å². The zero-order chi connectivity index (χ0) is 16.9. The number of urea groups is 1. The largest absolute Gasteiger partial charge is 2.00 e. The fourth-order valence-electron chi connectivity index (χ4n) is 1.85. The molecule has 0 atom stereocenters. The van der Waals surface area contributed by atoms with Gasteiger partial charge in [-0.3, -0.25) is 0 Å². The number of anilines is 2. The van der Waals surface area contributed by atoms with Crippen LogP contribution < -0.4 is 10.6 Å². The summed E-state index contributed by atoms with van der Waals surface area (Å²) in [6.45, 7) is 0. The second kappa shape index (κ2) is 15.0. The Labute approximate surface area is 175 Å². The van der Waals surface area contributed by atoms with Crippen LogP contribution in [0, 0.1) is 0 Å². The maximum Gasteiger partial charge on any atom is 2.00 e. The Bertz CT molecular complexity index is 629. The summed E-state index contributed by atoms with van der Waals surface area (Å²) in [5.41, 5.74) is 1.60. The van der Waals surface area contributed by atoms with Gasteiger partial charge in [0.25, 0.3) is 0 Å². The predicted octanol–water partition coefficient (Wildman–Crippen LogP) is 5.57. The summed E-state index contributed by atoms with van der Waals surface area (Å²) in [5, 5.41) is 5.42. The van der Waals surface area contributed by atoms with E-state index in [0.29, 0.717) is 0 Å². The van der Waals surface area contributed by atoms with Crippen LogP contribution in [0.4, 0.5) is 16.2 Å². The van der Waals surface area contributed by atoms with Crippen LogP contribution in [0.2, 0.25) is 0 Å². The van der Waals surface area contributed by atoms with E-state index >= 15 is 0 Å². The molecule has 0 aliphatic rings. The molecule has 0 unspecified atom stereocenters.